The van der Waals surface area contributed by atoms with Crippen molar-refractivity contribution in [2.45, 2.75) is 38.6 Å². The number of amides is 6. The predicted molar refractivity (Wildman–Crippen MR) is 92.9 cm³/mol. The van der Waals surface area contributed by atoms with E-state index in [-0.39, 0.29) is 32.2 Å². The highest BCUT2D eigenvalue weighted by Gasteiger charge is 2.33. The Balaban J connectivity index is 1.64. The van der Waals surface area contributed by atoms with E-state index >= 15 is 0 Å². The highest BCUT2D eigenvalue weighted by atomic mass is 16.7. The van der Waals surface area contributed by atoms with E-state index in [2.05, 4.69) is 15.5 Å². The minimum absolute atomic E-state index is 0.0180. The summed E-state index contributed by atoms with van der Waals surface area (Å²) >= 11 is 0. The van der Waals surface area contributed by atoms with Gasteiger partial charge in [0.05, 0.1) is 0 Å². The van der Waals surface area contributed by atoms with Crippen LogP contribution in [0.4, 0.5) is 0 Å². The molecule has 0 spiro atoms. The van der Waals surface area contributed by atoms with Crippen molar-refractivity contribution in [2.24, 2.45) is 0 Å². The fourth-order valence-electron chi connectivity index (χ4n) is 2.53. The molecule has 12 heteroatoms. The minimum atomic E-state index is -1.01. The lowest BCUT2D eigenvalue weighted by atomic mass is 10.2. The summed E-state index contributed by atoms with van der Waals surface area (Å²) in [5.74, 6) is -4.31. The average Bonchev–Trinajstić information content (AvgIpc) is 3.15. The summed E-state index contributed by atoms with van der Waals surface area (Å²) in [6.07, 6.45) is 2.42. The first kappa shape index (κ1) is 21.7. The molecule has 0 aromatic heterocycles. The van der Waals surface area contributed by atoms with E-state index in [1.54, 1.807) is 0 Å². The van der Waals surface area contributed by atoms with Gasteiger partial charge in [-0.05, 0) is 13.3 Å². The lowest BCUT2D eigenvalue weighted by Gasteiger charge is -2.16. The van der Waals surface area contributed by atoms with Crippen molar-refractivity contribution >= 4 is 41.4 Å². The number of carbonyl (C=O) groups excluding carboxylic acids is 7. The molecule has 0 bridgehead atoms. The Morgan fingerprint density at radius 3 is 2.24 bits per heavy atom. The molecule has 2 aliphatic rings. The van der Waals surface area contributed by atoms with Crippen LogP contribution in [0, 0.1) is 0 Å². The summed E-state index contributed by atoms with van der Waals surface area (Å²) in [5, 5.41) is 5.00. The van der Waals surface area contributed by atoms with Gasteiger partial charge < -0.3 is 15.5 Å². The van der Waals surface area contributed by atoms with Gasteiger partial charge in [-0.15, -0.1) is 5.06 Å². The lowest BCUT2D eigenvalue weighted by Crippen LogP contribution is -2.47. The molecule has 1 atom stereocenters. The topological polar surface area (TPSA) is 159 Å². The molecule has 2 heterocycles. The summed E-state index contributed by atoms with van der Waals surface area (Å²) in [5.41, 5.74) is 0. The molecular weight excluding hydrogens is 388 g/mol. The Morgan fingerprint density at radius 1 is 1.07 bits per heavy atom. The molecule has 0 aromatic rings. The van der Waals surface area contributed by atoms with E-state index in [0.29, 0.717) is 5.06 Å². The third-order valence-corrected chi connectivity index (χ3v) is 4.06. The van der Waals surface area contributed by atoms with Crippen LogP contribution in [-0.4, -0.2) is 70.5 Å². The van der Waals surface area contributed by atoms with Gasteiger partial charge in [-0.25, -0.2) is 4.79 Å². The van der Waals surface area contributed by atoms with Crippen LogP contribution in [0.1, 0.15) is 32.6 Å². The van der Waals surface area contributed by atoms with E-state index in [4.69, 9.17) is 0 Å². The van der Waals surface area contributed by atoms with Gasteiger partial charge in [0.25, 0.3) is 23.6 Å². The molecule has 2 rings (SSSR count). The SMILES string of the molecule is CC(NC(=O)CCCN1C(=O)C=CC1=O)C(=O)NCC(=O)ON1C(=O)CCC1=O. The molecule has 6 amide bonds. The molecule has 12 nitrogen and oxygen atoms in total. The Bertz CT molecular complexity index is 756. The number of nitrogens with one attached hydrogen (secondary N) is 2. The summed E-state index contributed by atoms with van der Waals surface area (Å²) < 4.78 is 0. The largest absolute Gasteiger partial charge is 0.352 e. The highest BCUT2D eigenvalue weighted by molar-refractivity contribution is 6.12. The average molecular weight is 408 g/mol. The quantitative estimate of drug-likeness (QED) is 0.411. The maximum atomic E-state index is 11.9. The van der Waals surface area contributed by atoms with Gasteiger partial charge in [-0.1, -0.05) is 0 Å². The molecule has 156 valence electrons. The fraction of sp³-hybridized carbons (Fsp3) is 0.471. The molecule has 29 heavy (non-hydrogen) atoms. The molecular formula is C17H20N4O8. The number of hydrogen-bond donors (Lipinski definition) is 2. The van der Waals surface area contributed by atoms with E-state index in [1.165, 1.54) is 6.92 Å². The second-order valence-electron chi connectivity index (χ2n) is 6.32. The zero-order valence-electron chi connectivity index (χ0n) is 15.6. The minimum Gasteiger partial charge on any atom is -0.345 e. The molecule has 0 saturated carbocycles. The van der Waals surface area contributed by atoms with Gasteiger partial charge in [0.1, 0.15) is 12.6 Å². The first-order valence-electron chi connectivity index (χ1n) is 8.86. The van der Waals surface area contributed by atoms with Crippen LogP contribution in [0.5, 0.6) is 0 Å². The van der Waals surface area contributed by atoms with E-state index in [0.717, 1.165) is 17.1 Å². The van der Waals surface area contributed by atoms with Gasteiger partial charge >= 0.3 is 5.97 Å². The van der Waals surface area contributed by atoms with Crippen LogP contribution in [0.25, 0.3) is 0 Å². The van der Waals surface area contributed by atoms with Crippen molar-refractivity contribution in [3.05, 3.63) is 12.2 Å². The summed E-state index contributed by atoms with van der Waals surface area (Å²) in [6.45, 7) is 0.879. The number of rotatable bonds is 9. The van der Waals surface area contributed by atoms with Crippen LogP contribution in [-0.2, 0) is 38.4 Å². The number of hydrogen-bond acceptors (Lipinski definition) is 8. The first-order chi connectivity index (χ1) is 13.7. The molecule has 1 saturated heterocycles. The van der Waals surface area contributed by atoms with Gasteiger partial charge in [0, 0.05) is 38.0 Å². The van der Waals surface area contributed by atoms with E-state index in [1.807, 2.05) is 0 Å². The van der Waals surface area contributed by atoms with Crippen molar-refractivity contribution in [1.29, 1.82) is 0 Å². The zero-order chi connectivity index (χ0) is 21.6. The van der Waals surface area contributed by atoms with Crippen LogP contribution in [0.3, 0.4) is 0 Å². The molecule has 2 aliphatic heterocycles. The van der Waals surface area contributed by atoms with Crippen molar-refractivity contribution in [1.82, 2.24) is 20.6 Å². The van der Waals surface area contributed by atoms with Gasteiger partial charge in [0.2, 0.25) is 11.8 Å². The van der Waals surface area contributed by atoms with Gasteiger partial charge in [-0.2, -0.15) is 0 Å². The predicted octanol–water partition coefficient (Wildman–Crippen LogP) is -2.08. The zero-order valence-corrected chi connectivity index (χ0v) is 15.6. The van der Waals surface area contributed by atoms with Gasteiger partial charge in [0.15, 0.2) is 0 Å². The Kier molecular flexibility index (Phi) is 7.17. The monoisotopic (exact) mass is 408 g/mol. The fourth-order valence-corrected chi connectivity index (χ4v) is 2.53. The third kappa shape index (κ3) is 5.96. The normalized spacial score (nSPS) is 17.0. The molecule has 0 aliphatic carbocycles. The Hall–Kier alpha value is -3.57. The number of imide groups is 2. The molecule has 0 aromatic carbocycles. The number of hydroxylamine groups is 2. The highest BCUT2D eigenvalue weighted by Crippen LogP contribution is 2.11. The van der Waals surface area contributed by atoms with Crippen LogP contribution in [0.2, 0.25) is 0 Å². The van der Waals surface area contributed by atoms with Gasteiger partial charge in [-0.3, -0.25) is 33.7 Å². The van der Waals surface area contributed by atoms with Crippen LogP contribution < -0.4 is 10.6 Å². The number of nitrogens with zero attached hydrogens (tertiary/aromatic N) is 2. The number of carbonyl (C=O) groups is 7. The van der Waals surface area contributed by atoms with Crippen molar-refractivity contribution in [3.8, 4) is 0 Å². The second-order valence-corrected chi connectivity index (χ2v) is 6.32. The van der Waals surface area contributed by atoms with E-state index < -0.39 is 54.0 Å². The van der Waals surface area contributed by atoms with Crippen molar-refractivity contribution < 1.29 is 38.4 Å². The Morgan fingerprint density at radius 2 is 1.66 bits per heavy atom. The second kappa shape index (κ2) is 9.57. The summed E-state index contributed by atoms with van der Waals surface area (Å²) in [6, 6.07) is -0.970. The smallest absolute Gasteiger partial charge is 0.345 e. The van der Waals surface area contributed by atoms with Crippen molar-refractivity contribution in [3.63, 3.8) is 0 Å². The molecule has 1 unspecified atom stereocenters. The maximum absolute atomic E-state index is 11.9. The third-order valence-electron chi connectivity index (χ3n) is 4.06. The molecule has 1 fully saturated rings. The molecule has 0 radical (unpaired) electrons. The van der Waals surface area contributed by atoms with Crippen molar-refractivity contribution in [2.75, 3.05) is 13.1 Å². The Labute approximate surface area is 165 Å². The van der Waals surface area contributed by atoms with E-state index in [9.17, 15) is 33.6 Å². The van der Waals surface area contributed by atoms with Crippen LogP contribution in [0.15, 0.2) is 12.2 Å². The van der Waals surface area contributed by atoms with Crippen LogP contribution >= 0.6 is 0 Å². The first-order valence-corrected chi connectivity index (χ1v) is 8.86. The molecule has 2 N–H and O–H groups in total. The lowest BCUT2D eigenvalue weighted by molar-refractivity contribution is -0.196. The maximum Gasteiger partial charge on any atom is 0.352 e. The summed E-state index contributed by atoms with van der Waals surface area (Å²) in [7, 11) is 0. The summed E-state index contributed by atoms with van der Waals surface area (Å²) in [4.78, 5) is 86.5. The standard InChI is InChI=1S/C17H20N4O8/c1-10(19-11(22)3-2-8-20-12(23)4-5-13(20)24)17(28)18-9-16(27)29-21-14(25)6-7-15(21)26/h4-5,10H,2-3,6-9H2,1H3,(H,18,28)(H,19,22).